The summed E-state index contributed by atoms with van der Waals surface area (Å²) in [6.45, 7) is 0. The summed E-state index contributed by atoms with van der Waals surface area (Å²) in [4.78, 5) is 9.27. The van der Waals surface area contributed by atoms with Gasteiger partial charge >= 0.3 is 0 Å². The maximum Gasteiger partial charge on any atom is 0.135 e. The van der Waals surface area contributed by atoms with E-state index in [0.29, 0.717) is 0 Å². The third kappa shape index (κ3) is 2.90. The minimum Gasteiger partial charge on any atom is -0.456 e. The van der Waals surface area contributed by atoms with Crippen LogP contribution in [-0.2, 0) is 0 Å². The van der Waals surface area contributed by atoms with Gasteiger partial charge in [0.05, 0.1) is 11.0 Å². The van der Waals surface area contributed by atoms with E-state index in [1.165, 1.54) is 11.1 Å². The lowest BCUT2D eigenvalue weighted by Gasteiger charge is -2.07. The standard InChI is InChI=1S/C30H18N2O/c1-2-6-27-25(5-1)26-17-22(13-14-28(26)33-27)19-7-9-20(10-8-19)24-16-23-12-11-21-4-3-15-31-29(21)30(23)32-18-24/h1-18H. The molecule has 0 fully saturated rings. The molecule has 0 saturated heterocycles. The monoisotopic (exact) mass is 422 g/mol. The average Bonchev–Trinajstić information content (AvgIpc) is 3.26. The predicted molar refractivity (Wildman–Crippen MR) is 135 cm³/mol. The Morgan fingerprint density at radius 2 is 1.21 bits per heavy atom. The van der Waals surface area contributed by atoms with Crippen LogP contribution in [0.1, 0.15) is 0 Å². The lowest BCUT2D eigenvalue weighted by molar-refractivity contribution is 0.669. The SMILES string of the molecule is c1cnc2c(c1)ccc1cc(-c3ccc(-c4ccc5oc6ccccc6c5c4)cc3)cnc12. The first kappa shape index (κ1) is 18.1. The van der Waals surface area contributed by atoms with Gasteiger partial charge in [0.25, 0.3) is 0 Å². The van der Waals surface area contributed by atoms with Gasteiger partial charge in [0, 0.05) is 39.5 Å². The van der Waals surface area contributed by atoms with Crippen molar-refractivity contribution >= 4 is 43.7 Å². The van der Waals surface area contributed by atoms with Gasteiger partial charge in [-0.05, 0) is 47.0 Å². The van der Waals surface area contributed by atoms with Crippen LogP contribution in [0.15, 0.2) is 114 Å². The molecule has 0 aliphatic rings. The molecule has 0 bridgehead atoms. The molecule has 0 aliphatic heterocycles. The van der Waals surface area contributed by atoms with Crippen molar-refractivity contribution in [3.63, 3.8) is 0 Å². The Hall–Kier alpha value is -4.50. The Morgan fingerprint density at radius 1 is 0.485 bits per heavy atom. The van der Waals surface area contributed by atoms with Crippen LogP contribution in [-0.4, -0.2) is 9.97 Å². The van der Waals surface area contributed by atoms with Gasteiger partial charge in [-0.1, -0.05) is 66.7 Å². The second kappa shape index (κ2) is 7.01. The predicted octanol–water partition coefficient (Wildman–Crippen LogP) is 8.02. The molecule has 33 heavy (non-hydrogen) atoms. The van der Waals surface area contributed by atoms with Crippen molar-refractivity contribution in [2.75, 3.05) is 0 Å². The largest absolute Gasteiger partial charge is 0.456 e. The van der Waals surface area contributed by atoms with Crippen LogP contribution in [0.5, 0.6) is 0 Å². The van der Waals surface area contributed by atoms with Crippen molar-refractivity contribution in [3.8, 4) is 22.3 Å². The number of fused-ring (bicyclic) bond motifs is 6. The zero-order valence-electron chi connectivity index (χ0n) is 17.7. The molecule has 0 radical (unpaired) electrons. The first-order valence-corrected chi connectivity index (χ1v) is 11.0. The summed E-state index contributed by atoms with van der Waals surface area (Å²) in [5, 5.41) is 4.50. The Morgan fingerprint density at radius 3 is 2.12 bits per heavy atom. The molecule has 3 nitrogen and oxygen atoms in total. The van der Waals surface area contributed by atoms with Gasteiger partial charge in [-0.15, -0.1) is 0 Å². The van der Waals surface area contributed by atoms with Gasteiger partial charge in [0.1, 0.15) is 11.2 Å². The van der Waals surface area contributed by atoms with E-state index in [-0.39, 0.29) is 0 Å². The second-order valence-electron chi connectivity index (χ2n) is 8.32. The average molecular weight is 422 g/mol. The number of aromatic nitrogens is 2. The number of para-hydroxylation sites is 1. The van der Waals surface area contributed by atoms with Crippen LogP contribution in [0.2, 0.25) is 0 Å². The molecular formula is C30H18N2O. The van der Waals surface area contributed by atoms with Gasteiger partial charge in [-0.2, -0.15) is 0 Å². The van der Waals surface area contributed by atoms with E-state index in [0.717, 1.165) is 54.9 Å². The molecule has 0 amide bonds. The third-order valence-corrected chi connectivity index (χ3v) is 6.35. The van der Waals surface area contributed by atoms with Crippen LogP contribution >= 0.6 is 0 Å². The Labute approximate surface area is 190 Å². The molecule has 0 atom stereocenters. The smallest absolute Gasteiger partial charge is 0.135 e. The van der Waals surface area contributed by atoms with Crippen LogP contribution in [0.4, 0.5) is 0 Å². The highest BCUT2D eigenvalue weighted by molar-refractivity contribution is 6.06. The molecule has 0 unspecified atom stereocenters. The minimum absolute atomic E-state index is 0.917. The highest BCUT2D eigenvalue weighted by atomic mass is 16.3. The fourth-order valence-corrected chi connectivity index (χ4v) is 4.65. The summed E-state index contributed by atoms with van der Waals surface area (Å²) in [7, 11) is 0. The quantitative estimate of drug-likeness (QED) is 0.265. The Kier molecular flexibility index (Phi) is 3.84. The Bertz CT molecular complexity index is 1810. The summed E-state index contributed by atoms with van der Waals surface area (Å²) in [6.07, 6.45) is 3.76. The minimum atomic E-state index is 0.917. The lowest BCUT2D eigenvalue weighted by Crippen LogP contribution is -1.87. The highest BCUT2D eigenvalue weighted by Gasteiger charge is 2.09. The fourth-order valence-electron chi connectivity index (χ4n) is 4.65. The normalized spacial score (nSPS) is 11.6. The van der Waals surface area contributed by atoms with Gasteiger partial charge in [-0.25, -0.2) is 0 Å². The van der Waals surface area contributed by atoms with E-state index in [2.05, 4.69) is 83.8 Å². The van der Waals surface area contributed by atoms with E-state index in [9.17, 15) is 0 Å². The van der Waals surface area contributed by atoms with Crippen molar-refractivity contribution in [1.82, 2.24) is 9.97 Å². The molecule has 154 valence electrons. The lowest BCUT2D eigenvalue weighted by atomic mass is 9.99. The summed E-state index contributed by atoms with van der Waals surface area (Å²) < 4.78 is 5.97. The number of hydrogen-bond donors (Lipinski definition) is 0. The number of pyridine rings is 2. The van der Waals surface area contributed by atoms with Crippen molar-refractivity contribution in [2.24, 2.45) is 0 Å². The van der Waals surface area contributed by atoms with Crippen LogP contribution in [0.25, 0.3) is 66.0 Å². The molecule has 3 aromatic heterocycles. The van der Waals surface area contributed by atoms with E-state index in [4.69, 9.17) is 9.40 Å². The molecule has 0 N–H and O–H groups in total. The third-order valence-electron chi connectivity index (χ3n) is 6.35. The van der Waals surface area contributed by atoms with Crippen molar-refractivity contribution in [3.05, 3.63) is 109 Å². The van der Waals surface area contributed by atoms with E-state index in [1.54, 1.807) is 0 Å². The maximum absolute atomic E-state index is 5.97. The number of furan rings is 1. The molecule has 0 spiro atoms. The summed E-state index contributed by atoms with van der Waals surface area (Å²) in [5.74, 6) is 0. The van der Waals surface area contributed by atoms with E-state index in [1.807, 2.05) is 30.6 Å². The zero-order chi connectivity index (χ0) is 21.8. The van der Waals surface area contributed by atoms with Crippen molar-refractivity contribution in [2.45, 2.75) is 0 Å². The number of benzene rings is 4. The summed E-state index contributed by atoms with van der Waals surface area (Å²) in [5.41, 5.74) is 8.31. The van der Waals surface area contributed by atoms with Gasteiger partial charge in [0.15, 0.2) is 0 Å². The van der Waals surface area contributed by atoms with Crippen LogP contribution in [0.3, 0.4) is 0 Å². The van der Waals surface area contributed by atoms with Gasteiger partial charge in [0.2, 0.25) is 0 Å². The number of nitrogens with zero attached hydrogens (tertiary/aromatic N) is 2. The molecule has 4 aromatic carbocycles. The van der Waals surface area contributed by atoms with Gasteiger partial charge < -0.3 is 4.42 Å². The van der Waals surface area contributed by atoms with E-state index < -0.39 is 0 Å². The maximum atomic E-state index is 5.97. The molecule has 0 aliphatic carbocycles. The summed E-state index contributed by atoms with van der Waals surface area (Å²) in [6, 6.07) is 33.7. The molecule has 3 heteroatoms. The topological polar surface area (TPSA) is 38.9 Å². The van der Waals surface area contributed by atoms with E-state index >= 15 is 0 Å². The molecule has 0 saturated carbocycles. The fraction of sp³-hybridized carbons (Fsp3) is 0. The second-order valence-corrected chi connectivity index (χ2v) is 8.32. The first-order valence-electron chi connectivity index (χ1n) is 11.0. The number of hydrogen-bond acceptors (Lipinski definition) is 3. The van der Waals surface area contributed by atoms with Crippen LogP contribution in [0, 0.1) is 0 Å². The molecule has 7 aromatic rings. The molecule has 3 heterocycles. The summed E-state index contributed by atoms with van der Waals surface area (Å²) >= 11 is 0. The highest BCUT2D eigenvalue weighted by Crippen LogP contribution is 2.33. The molecular weight excluding hydrogens is 404 g/mol. The zero-order valence-corrected chi connectivity index (χ0v) is 17.7. The first-order chi connectivity index (χ1) is 16.3. The molecule has 7 rings (SSSR count). The Balaban J connectivity index is 1.28. The van der Waals surface area contributed by atoms with Gasteiger partial charge in [-0.3, -0.25) is 9.97 Å². The number of rotatable bonds is 2. The van der Waals surface area contributed by atoms with Crippen LogP contribution < -0.4 is 0 Å². The van der Waals surface area contributed by atoms with Crippen molar-refractivity contribution < 1.29 is 4.42 Å². The van der Waals surface area contributed by atoms with Crippen molar-refractivity contribution in [1.29, 1.82) is 0 Å².